The lowest BCUT2D eigenvalue weighted by molar-refractivity contribution is 0.269. The largest absolute Gasteiger partial charge is 0.460 e. The molecule has 2 N–H and O–H groups in total. The van der Waals surface area contributed by atoms with Crippen LogP contribution >= 0.6 is 46.7 Å². The van der Waals surface area contributed by atoms with Crippen LogP contribution in [0.1, 0.15) is 38.7 Å². The molecule has 1 unspecified atom stereocenters. The quantitative estimate of drug-likeness (QED) is 0.193. The maximum absolute atomic E-state index is 6.22. The van der Waals surface area contributed by atoms with Gasteiger partial charge in [0, 0.05) is 10.8 Å². The molecule has 1 aromatic carbocycles. The number of benzene rings is 1. The lowest BCUT2D eigenvalue weighted by atomic mass is 10.1. The van der Waals surface area contributed by atoms with Gasteiger partial charge in [0.1, 0.15) is 29.0 Å². The van der Waals surface area contributed by atoms with Gasteiger partial charge in [0.2, 0.25) is 0 Å². The fraction of sp³-hybridized carbons (Fsp3) is 0.381. The number of hydrazine groups is 1. The predicted octanol–water partition coefficient (Wildman–Crippen LogP) is 6.00. The van der Waals surface area contributed by atoms with Crippen molar-refractivity contribution in [2.45, 2.75) is 49.5 Å². The van der Waals surface area contributed by atoms with Crippen LogP contribution in [0.5, 0.6) is 5.75 Å². The molecular weight excluding hydrogens is 487 g/mol. The minimum atomic E-state index is 0.00454. The van der Waals surface area contributed by atoms with Crippen LogP contribution in [0.25, 0.3) is 0 Å². The Morgan fingerprint density at radius 1 is 1.22 bits per heavy atom. The van der Waals surface area contributed by atoms with E-state index in [0.717, 1.165) is 52.4 Å². The molecule has 0 aliphatic carbocycles. The number of thioether (sulfide) groups is 2. The molecule has 0 amide bonds. The molecule has 2 aliphatic heterocycles. The van der Waals surface area contributed by atoms with Gasteiger partial charge < -0.3 is 10.1 Å². The monoisotopic (exact) mass is 510 g/mol. The van der Waals surface area contributed by atoms with Gasteiger partial charge in [-0.1, -0.05) is 55.2 Å². The van der Waals surface area contributed by atoms with Crippen molar-refractivity contribution in [1.29, 1.82) is 0 Å². The number of nitrogens with zero attached hydrogens (tertiary/aromatic N) is 4. The molecular formula is C21H24Cl2N6OS2. The highest BCUT2D eigenvalue weighted by Gasteiger charge is 2.37. The number of fused-ring (bicyclic) bond motifs is 3. The third-order valence-corrected chi connectivity index (χ3v) is 7.03. The molecule has 2 aliphatic rings. The molecule has 0 saturated carbocycles. The van der Waals surface area contributed by atoms with E-state index in [9.17, 15) is 0 Å². The first-order valence-corrected chi connectivity index (χ1v) is 13.3. The van der Waals surface area contributed by atoms with Crippen molar-refractivity contribution in [3.8, 4) is 5.75 Å². The fourth-order valence-electron chi connectivity index (χ4n) is 3.34. The third kappa shape index (κ3) is 4.90. The maximum atomic E-state index is 6.22. The second kappa shape index (κ2) is 10.4. The number of halogens is 2. The normalized spacial score (nSPS) is 18.0. The lowest BCUT2D eigenvalue weighted by Gasteiger charge is -2.36. The van der Waals surface area contributed by atoms with Gasteiger partial charge in [0.05, 0.1) is 10.6 Å². The summed E-state index contributed by atoms with van der Waals surface area (Å²) in [5, 5.41) is 8.26. The van der Waals surface area contributed by atoms with E-state index < -0.39 is 0 Å². The van der Waals surface area contributed by atoms with E-state index >= 15 is 0 Å². The Bertz CT molecular complexity index is 1060. The first kappa shape index (κ1) is 23.4. The summed E-state index contributed by atoms with van der Waals surface area (Å²) in [5.74, 6) is 3.66. The number of aliphatic imine (C=N–C) groups is 1. The summed E-state index contributed by atoms with van der Waals surface area (Å²) in [7, 11) is 0. The van der Waals surface area contributed by atoms with Crippen LogP contribution in [0, 0.1) is 0 Å². The Labute approximate surface area is 206 Å². The van der Waals surface area contributed by atoms with Gasteiger partial charge in [-0.3, -0.25) is 5.43 Å². The molecule has 0 bridgehead atoms. The van der Waals surface area contributed by atoms with Gasteiger partial charge in [0.25, 0.3) is 0 Å². The Hall–Kier alpha value is -1.81. The molecule has 11 heteroatoms. The standard InChI is InChI=1S/C21H24Cl2N6OS2/c1-4-6-16-25-18-17(20(31-3)27-21(26-18)32-9-5-2)19-24-15(28-29(16)19)11-30-14-8-7-12(22)10-13(14)23/h7-8,10-11,16,28H,4-6,9H2,1-3H3,(H,25,26,27). The molecule has 2 aromatic rings. The summed E-state index contributed by atoms with van der Waals surface area (Å²) in [6.45, 7) is 4.31. The fourth-order valence-corrected chi connectivity index (χ4v) is 5.12. The van der Waals surface area contributed by atoms with Crippen LogP contribution in [0.15, 0.2) is 45.5 Å². The zero-order chi connectivity index (χ0) is 22.7. The molecule has 0 radical (unpaired) electrons. The van der Waals surface area contributed by atoms with Crippen LogP contribution in [0.3, 0.4) is 0 Å². The van der Waals surface area contributed by atoms with Crippen LogP contribution < -0.4 is 15.5 Å². The smallest absolute Gasteiger partial charge is 0.190 e. The maximum Gasteiger partial charge on any atom is 0.190 e. The Morgan fingerprint density at radius 2 is 2.06 bits per heavy atom. The number of anilines is 1. The molecule has 7 nitrogen and oxygen atoms in total. The number of rotatable bonds is 8. The zero-order valence-corrected chi connectivity index (χ0v) is 21.1. The van der Waals surface area contributed by atoms with Crippen molar-refractivity contribution in [3.05, 3.63) is 45.9 Å². The van der Waals surface area contributed by atoms with Gasteiger partial charge >= 0.3 is 0 Å². The van der Waals surface area contributed by atoms with Gasteiger partial charge in [0.15, 0.2) is 16.8 Å². The molecule has 1 atom stereocenters. The summed E-state index contributed by atoms with van der Waals surface area (Å²) in [6.07, 6.45) is 6.57. The van der Waals surface area contributed by atoms with Gasteiger partial charge in [-0.15, -0.1) is 11.8 Å². The Morgan fingerprint density at radius 3 is 2.78 bits per heavy atom. The lowest BCUT2D eigenvalue weighted by Crippen LogP contribution is -2.52. The highest BCUT2D eigenvalue weighted by Crippen LogP contribution is 2.36. The minimum Gasteiger partial charge on any atom is -0.460 e. The van der Waals surface area contributed by atoms with Gasteiger partial charge in [-0.2, -0.15) is 0 Å². The topological polar surface area (TPSA) is 74.7 Å². The number of hydrogen-bond donors (Lipinski definition) is 2. The van der Waals surface area contributed by atoms with E-state index in [4.69, 9.17) is 42.9 Å². The summed E-state index contributed by atoms with van der Waals surface area (Å²) >= 11 is 15.5. The van der Waals surface area contributed by atoms with E-state index in [1.807, 2.05) is 11.3 Å². The van der Waals surface area contributed by atoms with Gasteiger partial charge in [-0.25, -0.2) is 20.0 Å². The van der Waals surface area contributed by atoms with E-state index in [1.165, 1.54) is 0 Å². The molecule has 0 saturated heterocycles. The highest BCUT2D eigenvalue weighted by molar-refractivity contribution is 7.99. The summed E-state index contributed by atoms with van der Waals surface area (Å²) in [6, 6.07) is 5.09. The zero-order valence-electron chi connectivity index (χ0n) is 18.0. The predicted molar refractivity (Wildman–Crippen MR) is 134 cm³/mol. The van der Waals surface area contributed by atoms with Crippen molar-refractivity contribution >= 4 is 58.4 Å². The van der Waals surface area contributed by atoms with E-state index in [2.05, 4.69) is 24.6 Å². The average Bonchev–Trinajstić information content (AvgIpc) is 3.21. The van der Waals surface area contributed by atoms with Crippen LogP contribution in [-0.2, 0) is 0 Å². The summed E-state index contributed by atoms with van der Waals surface area (Å²) in [5.41, 5.74) is 4.23. The second-order valence-corrected chi connectivity index (χ2v) is 9.85. The molecule has 0 spiro atoms. The van der Waals surface area contributed by atoms with Gasteiger partial charge in [-0.05, 0) is 37.3 Å². The molecule has 32 heavy (non-hydrogen) atoms. The number of hydrogen-bond acceptors (Lipinski definition) is 9. The minimum absolute atomic E-state index is 0.00454. The average molecular weight is 512 g/mol. The van der Waals surface area contributed by atoms with Crippen molar-refractivity contribution < 1.29 is 4.74 Å². The Balaban J connectivity index is 1.69. The van der Waals surface area contributed by atoms with Crippen molar-refractivity contribution in [2.24, 2.45) is 4.99 Å². The van der Waals surface area contributed by atoms with Crippen LogP contribution in [0.4, 0.5) is 5.82 Å². The van der Waals surface area contributed by atoms with Crippen molar-refractivity contribution in [2.75, 3.05) is 17.3 Å². The van der Waals surface area contributed by atoms with E-state index in [1.54, 1.807) is 48.0 Å². The molecule has 170 valence electrons. The SMILES string of the molecule is CCCSc1nc2c(c(SC)n1)C1=NC(=COc3ccc(Cl)cc3Cl)NN1C(CCC)N2. The highest BCUT2D eigenvalue weighted by atomic mass is 35.5. The summed E-state index contributed by atoms with van der Waals surface area (Å²) in [4.78, 5) is 14.4. The third-order valence-electron chi connectivity index (χ3n) is 4.77. The second-order valence-electron chi connectivity index (χ2n) is 7.15. The van der Waals surface area contributed by atoms with Crippen molar-refractivity contribution in [3.63, 3.8) is 0 Å². The number of aromatic nitrogens is 2. The molecule has 4 rings (SSSR count). The number of nitrogens with one attached hydrogen (secondary N) is 2. The molecule has 0 fully saturated rings. The van der Waals surface area contributed by atoms with Crippen LogP contribution in [-0.4, -0.2) is 39.0 Å². The van der Waals surface area contributed by atoms with E-state index in [-0.39, 0.29) is 6.17 Å². The number of amidine groups is 1. The number of ether oxygens (including phenoxy) is 1. The first-order valence-electron chi connectivity index (χ1n) is 10.4. The van der Waals surface area contributed by atoms with E-state index in [0.29, 0.717) is 21.6 Å². The summed E-state index contributed by atoms with van der Waals surface area (Å²) < 4.78 is 5.78. The van der Waals surface area contributed by atoms with Crippen molar-refractivity contribution in [1.82, 2.24) is 20.4 Å². The molecule has 3 heterocycles. The molecule has 1 aromatic heterocycles. The Kier molecular flexibility index (Phi) is 7.60. The first-order chi connectivity index (χ1) is 15.5. The van der Waals surface area contributed by atoms with Crippen LogP contribution in [0.2, 0.25) is 10.0 Å².